The van der Waals surface area contributed by atoms with Crippen molar-refractivity contribution < 1.29 is 19.5 Å². The zero-order valence-corrected chi connectivity index (χ0v) is 15.9. The number of hydrogen-bond acceptors (Lipinski definition) is 4. The molecule has 0 aliphatic heterocycles. The molecule has 2 amide bonds. The molecule has 140 valence electrons. The Balaban J connectivity index is 0.00000576. The van der Waals surface area contributed by atoms with Crippen molar-refractivity contribution >= 4 is 59.1 Å². The third-order valence-electron chi connectivity index (χ3n) is 2.91. The van der Waals surface area contributed by atoms with Gasteiger partial charge < -0.3 is 15.7 Å². The first-order valence-electron chi connectivity index (χ1n) is 7.27. The van der Waals surface area contributed by atoms with Gasteiger partial charge >= 0.3 is 5.97 Å². The van der Waals surface area contributed by atoms with Gasteiger partial charge in [-0.2, -0.15) is 0 Å². The van der Waals surface area contributed by atoms with Crippen LogP contribution in [0.1, 0.15) is 13.3 Å². The SMILES string of the molecule is CCCN(CC(=O)NCC(=O)O)CC(=O)Nc1cc(Cl)ccc1Cl.Cl. The maximum atomic E-state index is 12.1. The average molecular weight is 413 g/mol. The summed E-state index contributed by atoms with van der Waals surface area (Å²) in [6.07, 6.45) is 0.734. The van der Waals surface area contributed by atoms with Crippen LogP contribution in [0, 0.1) is 0 Å². The van der Waals surface area contributed by atoms with Crippen LogP contribution in [0.25, 0.3) is 0 Å². The van der Waals surface area contributed by atoms with Crippen molar-refractivity contribution in [2.45, 2.75) is 13.3 Å². The summed E-state index contributed by atoms with van der Waals surface area (Å²) < 4.78 is 0. The summed E-state index contributed by atoms with van der Waals surface area (Å²) in [6.45, 7) is 1.86. The number of halogens is 3. The van der Waals surface area contributed by atoms with Crippen molar-refractivity contribution in [1.29, 1.82) is 0 Å². The van der Waals surface area contributed by atoms with Crippen molar-refractivity contribution in [3.63, 3.8) is 0 Å². The van der Waals surface area contributed by atoms with Crippen LogP contribution in [0.4, 0.5) is 5.69 Å². The number of nitrogens with zero attached hydrogens (tertiary/aromatic N) is 1. The molecule has 1 aromatic carbocycles. The lowest BCUT2D eigenvalue weighted by molar-refractivity contribution is -0.138. The summed E-state index contributed by atoms with van der Waals surface area (Å²) in [5.41, 5.74) is 0.390. The number of carbonyl (C=O) groups excluding carboxylic acids is 2. The lowest BCUT2D eigenvalue weighted by Crippen LogP contribution is -2.42. The smallest absolute Gasteiger partial charge is 0.322 e. The molecular formula is C15H20Cl3N3O4. The number of anilines is 1. The van der Waals surface area contributed by atoms with Crippen molar-refractivity contribution in [2.75, 3.05) is 31.5 Å². The standard InChI is InChI=1S/C15H19Cl2N3O4.ClH/c1-2-5-20(8-13(21)18-7-15(23)24)9-14(22)19-12-6-10(16)3-4-11(12)17;/h3-4,6H,2,5,7-9H2,1H3,(H,18,21)(H,19,22)(H,23,24);1H. The molecule has 3 N–H and O–H groups in total. The first-order valence-corrected chi connectivity index (χ1v) is 8.03. The highest BCUT2D eigenvalue weighted by atomic mass is 35.5. The van der Waals surface area contributed by atoms with Crippen molar-refractivity contribution in [3.05, 3.63) is 28.2 Å². The largest absolute Gasteiger partial charge is 0.480 e. The number of aliphatic carboxylic acids is 1. The van der Waals surface area contributed by atoms with E-state index < -0.39 is 18.4 Å². The molecule has 1 rings (SSSR count). The summed E-state index contributed by atoms with van der Waals surface area (Å²) >= 11 is 11.9. The van der Waals surface area contributed by atoms with E-state index in [2.05, 4.69) is 10.6 Å². The van der Waals surface area contributed by atoms with Crippen LogP contribution in [0.2, 0.25) is 10.0 Å². The van der Waals surface area contributed by atoms with Crippen molar-refractivity contribution in [3.8, 4) is 0 Å². The number of carboxylic acid groups (broad SMARTS) is 1. The van der Waals surface area contributed by atoms with Gasteiger partial charge in [-0.1, -0.05) is 30.1 Å². The molecule has 0 saturated carbocycles. The second kappa shape index (κ2) is 11.9. The number of benzene rings is 1. The Morgan fingerprint density at radius 2 is 1.80 bits per heavy atom. The molecule has 0 radical (unpaired) electrons. The minimum absolute atomic E-state index is 0. The molecule has 10 heteroatoms. The molecular weight excluding hydrogens is 393 g/mol. The first-order chi connectivity index (χ1) is 11.3. The van der Waals surface area contributed by atoms with Gasteiger partial charge in [-0.15, -0.1) is 12.4 Å². The number of rotatable bonds is 9. The van der Waals surface area contributed by atoms with Gasteiger partial charge in [0.25, 0.3) is 0 Å². The molecule has 0 fully saturated rings. The topological polar surface area (TPSA) is 98.7 Å². The molecule has 7 nitrogen and oxygen atoms in total. The highest BCUT2D eigenvalue weighted by Crippen LogP contribution is 2.25. The Kier molecular flexibility index (Phi) is 11.2. The fourth-order valence-corrected chi connectivity index (χ4v) is 2.29. The molecule has 0 unspecified atom stereocenters. The van der Waals surface area contributed by atoms with Crippen LogP contribution in [-0.2, 0) is 14.4 Å². The van der Waals surface area contributed by atoms with E-state index in [4.69, 9.17) is 28.3 Å². The van der Waals surface area contributed by atoms with Crippen LogP contribution >= 0.6 is 35.6 Å². The molecule has 1 aromatic rings. The van der Waals surface area contributed by atoms with E-state index in [1.165, 1.54) is 6.07 Å². The summed E-state index contributed by atoms with van der Waals surface area (Å²) in [5.74, 6) is -1.93. The normalized spacial score (nSPS) is 10.1. The molecule has 0 atom stereocenters. The minimum atomic E-state index is -1.13. The van der Waals surface area contributed by atoms with E-state index in [9.17, 15) is 14.4 Å². The Morgan fingerprint density at radius 3 is 2.40 bits per heavy atom. The first kappa shape index (κ1) is 23.5. The molecule has 0 heterocycles. The second-order valence-corrected chi connectivity index (χ2v) is 5.90. The van der Waals surface area contributed by atoms with Gasteiger partial charge in [0.1, 0.15) is 6.54 Å². The minimum Gasteiger partial charge on any atom is -0.480 e. The van der Waals surface area contributed by atoms with Gasteiger partial charge in [0, 0.05) is 5.02 Å². The van der Waals surface area contributed by atoms with E-state index in [1.807, 2.05) is 6.92 Å². The third kappa shape index (κ3) is 9.50. The molecule has 0 aromatic heterocycles. The lowest BCUT2D eigenvalue weighted by atomic mass is 10.3. The molecule has 0 saturated heterocycles. The fourth-order valence-electron chi connectivity index (χ4n) is 1.95. The van der Waals surface area contributed by atoms with Gasteiger partial charge in [-0.25, -0.2) is 0 Å². The third-order valence-corrected chi connectivity index (χ3v) is 3.48. The van der Waals surface area contributed by atoms with Crippen LogP contribution in [0.3, 0.4) is 0 Å². The predicted octanol–water partition coefficient (Wildman–Crippen LogP) is 2.27. The zero-order chi connectivity index (χ0) is 18.1. The van der Waals surface area contributed by atoms with E-state index in [-0.39, 0.29) is 31.4 Å². The Morgan fingerprint density at radius 1 is 1.16 bits per heavy atom. The van der Waals surface area contributed by atoms with Gasteiger partial charge in [0.15, 0.2) is 0 Å². The number of hydrogen-bond donors (Lipinski definition) is 3. The monoisotopic (exact) mass is 411 g/mol. The maximum Gasteiger partial charge on any atom is 0.322 e. The Bertz CT molecular complexity index is 614. The lowest BCUT2D eigenvalue weighted by Gasteiger charge is -2.20. The van der Waals surface area contributed by atoms with Gasteiger partial charge in [-0.3, -0.25) is 19.3 Å². The van der Waals surface area contributed by atoms with E-state index in [0.717, 1.165) is 6.42 Å². The number of amides is 2. The van der Waals surface area contributed by atoms with Crippen molar-refractivity contribution in [2.24, 2.45) is 0 Å². The van der Waals surface area contributed by atoms with Gasteiger partial charge in [0.05, 0.1) is 23.8 Å². The molecule has 0 bridgehead atoms. The highest BCUT2D eigenvalue weighted by Gasteiger charge is 2.15. The summed E-state index contributed by atoms with van der Waals surface area (Å²) in [5, 5.41) is 14.2. The van der Waals surface area contributed by atoms with E-state index in [1.54, 1.807) is 17.0 Å². The highest BCUT2D eigenvalue weighted by molar-refractivity contribution is 6.35. The molecule has 0 aliphatic rings. The summed E-state index contributed by atoms with van der Waals surface area (Å²) in [6, 6.07) is 4.71. The number of nitrogens with one attached hydrogen (secondary N) is 2. The number of carbonyl (C=O) groups is 3. The van der Waals surface area contributed by atoms with Gasteiger partial charge in [-0.05, 0) is 31.2 Å². The van der Waals surface area contributed by atoms with Crippen molar-refractivity contribution in [1.82, 2.24) is 10.2 Å². The fraction of sp³-hybridized carbons (Fsp3) is 0.400. The van der Waals surface area contributed by atoms with E-state index >= 15 is 0 Å². The van der Waals surface area contributed by atoms with E-state index in [0.29, 0.717) is 22.3 Å². The van der Waals surface area contributed by atoms with Crippen LogP contribution in [0.15, 0.2) is 18.2 Å². The molecule has 0 spiro atoms. The summed E-state index contributed by atoms with van der Waals surface area (Å²) in [4.78, 5) is 35.9. The van der Waals surface area contributed by atoms with Gasteiger partial charge in [0.2, 0.25) is 11.8 Å². The van der Waals surface area contributed by atoms with Crippen LogP contribution in [-0.4, -0.2) is 54.0 Å². The van der Waals surface area contributed by atoms with Crippen LogP contribution < -0.4 is 10.6 Å². The second-order valence-electron chi connectivity index (χ2n) is 5.05. The van der Waals surface area contributed by atoms with Crippen LogP contribution in [0.5, 0.6) is 0 Å². The Hall–Kier alpha value is -1.54. The summed E-state index contributed by atoms with van der Waals surface area (Å²) in [7, 11) is 0. The molecule has 0 aliphatic carbocycles. The number of carboxylic acids is 1. The predicted molar refractivity (Wildman–Crippen MR) is 99.7 cm³/mol. The molecule has 25 heavy (non-hydrogen) atoms. The maximum absolute atomic E-state index is 12.1. The quantitative estimate of drug-likeness (QED) is 0.578. The zero-order valence-electron chi connectivity index (χ0n) is 13.6. The average Bonchev–Trinajstić information content (AvgIpc) is 2.49. The Labute approximate surface area is 162 Å².